The number of nitrogens with one attached hydrogen (secondary N) is 1. The smallest absolute Gasteiger partial charge is 0.414 e. The van der Waals surface area contributed by atoms with E-state index in [9.17, 15) is 14.4 Å². The molecule has 1 aromatic carbocycles. The van der Waals surface area contributed by atoms with Crippen LogP contribution in [0.25, 0.3) is 4.96 Å². The zero-order chi connectivity index (χ0) is 19.0. The molecule has 1 fully saturated rings. The monoisotopic (exact) mass is 384 g/mol. The van der Waals surface area contributed by atoms with E-state index in [1.165, 1.54) is 23.2 Å². The van der Waals surface area contributed by atoms with Crippen molar-refractivity contribution >= 4 is 39.8 Å². The zero-order valence-electron chi connectivity index (χ0n) is 14.4. The standard InChI is InChI=1S/C18H16N4O4S/c1-11(23)19-8-14-10-22(18(25)26-14)13-4-2-12(3-5-13)16(24)15-9-20-17-21(15)6-7-27-17/h2-7,9,14H,8,10H2,1H3,(H,19,23)/t14-/m0/s1. The topological polar surface area (TPSA) is 93.0 Å². The van der Waals surface area contributed by atoms with Gasteiger partial charge in [0.2, 0.25) is 11.7 Å². The minimum Gasteiger partial charge on any atom is -0.442 e. The summed E-state index contributed by atoms with van der Waals surface area (Å²) in [5.74, 6) is -0.313. The number of aromatic nitrogens is 2. The Bertz CT molecular complexity index is 1020. The molecule has 1 aliphatic heterocycles. The largest absolute Gasteiger partial charge is 0.442 e. The van der Waals surface area contributed by atoms with Gasteiger partial charge in [-0.05, 0) is 24.3 Å². The van der Waals surface area contributed by atoms with Crippen LogP contribution in [0.1, 0.15) is 23.0 Å². The van der Waals surface area contributed by atoms with Gasteiger partial charge in [-0.25, -0.2) is 9.78 Å². The first-order chi connectivity index (χ1) is 13.0. The first kappa shape index (κ1) is 17.2. The van der Waals surface area contributed by atoms with Crippen molar-refractivity contribution in [3.63, 3.8) is 0 Å². The maximum atomic E-state index is 12.7. The fraction of sp³-hybridized carbons (Fsp3) is 0.222. The molecule has 0 aliphatic carbocycles. The molecule has 3 aromatic rings. The molecule has 0 spiro atoms. The summed E-state index contributed by atoms with van der Waals surface area (Å²) >= 11 is 1.46. The quantitative estimate of drug-likeness (QED) is 0.680. The van der Waals surface area contributed by atoms with Crippen molar-refractivity contribution in [1.82, 2.24) is 14.7 Å². The van der Waals surface area contributed by atoms with Gasteiger partial charge in [-0.3, -0.25) is 18.9 Å². The number of imidazole rings is 1. The molecular weight excluding hydrogens is 368 g/mol. The van der Waals surface area contributed by atoms with Crippen LogP contribution in [0, 0.1) is 0 Å². The second-order valence-electron chi connectivity index (χ2n) is 6.13. The summed E-state index contributed by atoms with van der Waals surface area (Å²) in [6, 6.07) is 6.78. The van der Waals surface area contributed by atoms with Crippen LogP contribution < -0.4 is 10.2 Å². The average Bonchev–Trinajstić information content (AvgIpc) is 3.35. The molecule has 9 heteroatoms. The highest BCUT2D eigenvalue weighted by Crippen LogP contribution is 2.23. The highest BCUT2D eigenvalue weighted by Gasteiger charge is 2.32. The fourth-order valence-electron chi connectivity index (χ4n) is 2.93. The van der Waals surface area contributed by atoms with Crippen LogP contribution in [0.5, 0.6) is 0 Å². The maximum absolute atomic E-state index is 12.7. The van der Waals surface area contributed by atoms with Gasteiger partial charge in [0.15, 0.2) is 4.96 Å². The number of benzene rings is 1. The van der Waals surface area contributed by atoms with Crippen LogP contribution in [0.15, 0.2) is 42.0 Å². The van der Waals surface area contributed by atoms with Gasteiger partial charge in [0.1, 0.15) is 11.8 Å². The third-order valence-electron chi connectivity index (χ3n) is 4.27. The molecular formula is C18H16N4O4S. The Morgan fingerprint density at radius 2 is 2.11 bits per heavy atom. The van der Waals surface area contributed by atoms with E-state index in [0.29, 0.717) is 23.5 Å². The lowest BCUT2D eigenvalue weighted by molar-refractivity contribution is -0.119. The number of amides is 2. The van der Waals surface area contributed by atoms with Gasteiger partial charge in [0.25, 0.3) is 0 Å². The molecule has 1 N–H and O–H groups in total. The third-order valence-corrected chi connectivity index (χ3v) is 5.04. The minimum absolute atomic E-state index is 0.139. The lowest BCUT2D eigenvalue weighted by Gasteiger charge is -2.13. The Balaban J connectivity index is 1.49. The molecule has 2 amide bonds. The fourth-order valence-corrected chi connectivity index (χ4v) is 3.62. The molecule has 138 valence electrons. The molecule has 27 heavy (non-hydrogen) atoms. The summed E-state index contributed by atoms with van der Waals surface area (Å²) in [4.78, 5) is 42.2. The number of anilines is 1. The molecule has 8 nitrogen and oxygen atoms in total. The van der Waals surface area contributed by atoms with Crippen molar-refractivity contribution in [3.05, 3.63) is 53.3 Å². The number of ether oxygens (including phenoxy) is 1. The Kier molecular flexibility index (Phi) is 4.36. The number of hydrogen-bond donors (Lipinski definition) is 1. The Labute approximate surface area is 158 Å². The molecule has 0 bridgehead atoms. The molecule has 0 unspecified atom stereocenters. The molecule has 2 aromatic heterocycles. The van der Waals surface area contributed by atoms with Crippen LogP contribution in [-0.2, 0) is 9.53 Å². The van der Waals surface area contributed by atoms with Crippen molar-refractivity contribution in [2.75, 3.05) is 18.0 Å². The third kappa shape index (κ3) is 3.28. The summed E-state index contributed by atoms with van der Waals surface area (Å²) < 4.78 is 7.00. The number of nitrogens with zero attached hydrogens (tertiary/aromatic N) is 3. The molecule has 0 saturated carbocycles. The molecule has 1 aliphatic rings. The van der Waals surface area contributed by atoms with Crippen molar-refractivity contribution in [2.24, 2.45) is 0 Å². The predicted octanol–water partition coefficient (Wildman–Crippen LogP) is 2.09. The van der Waals surface area contributed by atoms with Gasteiger partial charge in [-0.15, -0.1) is 11.3 Å². The van der Waals surface area contributed by atoms with E-state index in [1.54, 1.807) is 34.9 Å². The lowest BCUT2D eigenvalue weighted by Crippen LogP contribution is -2.33. The van der Waals surface area contributed by atoms with Gasteiger partial charge in [0.05, 0.1) is 19.3 Å². The molecule has 1 saturated heterocycles. The Morgan fingerprint density at radius 1 is 1.33 bits per heavy atom. The summed E-state index contributed by atoms with van der Waals surface area (Å²) in [6.45, 7) is 2.02. The predicted molar refractivity (Wildman–Crippen MR) is 99.2 cm³/mol. The van der Waals surface area contributed by atoms with E-state index < -0.39 is 12.2 Å². The number of ketones is 1. The summed E-state index contributed by atoms with van der Waals surface area (Å²) in [5, 5.41) is 4.51. The second-order valence-corrected chi connectivity index (χ2v) is 7.00. The average molecular weight is 384 g/mol. The SMILES string of the molecule is CC(=O)NC[C@H]1CN(c2ccc(C(=O)c3cnc4sccn34)cc2)C(=O)O1. The minimum atomic E-state index is -0.472. The van der Waals surface area contributed by atoms with Gasteiger partial charge in [-0.2, -0.15) is 0 Å². The van der Waals surface area contributed by atoms with E-state index in [1.807, 2.05) is 11.6 Å². The second kappa shape index (κ2) is 6.84. The number of hydrogen-bond acceptors (Lipinski definition) is 6. The lowest BCUT2D eigenvalue weighted by atomic mass is 10.1. The van der Waals surface area contributed by atoms with Gasteiger partial charge in [-0.1, -0.05) is 0 Å². The van der Waals surface area contributed by atoms with Crippen LogP contribution >= 0.6 is 11.3 Å². The van der Waals surface area contributed by atoms with Crippen molar-refractivity contribution in [3.8, 4) is 0 Å². The van der Waals surface area contributed by atoms with Crippen LogP contribution in [0.3, 0.4) is 0 Å². The van der Waals surface area contributed by atoms with Crippen LogP contribution in [0.2, 0.25) is 0 Å². The van der Waals surface area contributed by atoms with Crippen molar-refractivity contribution in [1.29, 1.82) is 0 Å². The number of fused-ring (bicyclic) bond motifs is 1. The summed E-state index contributed by atoms with van der Waals surface area (Å²) in [7, 11) is 0. The van der Waals surface area contributed by atoms with Crippen molar-refractivity contribution < 1.29 is 19.1 Å². The van der Waals surface area contributed by atoms with Gasteiger partial charge in [0, 0.05) is 29.8 Å². The van der Waals surface area contributed by atoms with Crippen LogP contribution in [0.4, 0.5) is 10.5 Å². The number of cyclic esters (lactones) is 1. The number of carbonyl (C=O) groups excluding carboxylic acids is 3. The Hall–Kier alpha value is -3.20. The molecule has 4 rings (SSSR count). The Morgan fingerprint density at radius 3 is 2.85 bits per heavy atom. The van der Waals surface area contributed by atoms with Crippen molar-refractivity contribution in [2.45, 2.75) is 13.0 Å². The van der Waals surface area contributed by atoms with E-state index in [0.717, 1.165) is 4.96 Å². The summed E-state index contributed by atoms with van der Waals surface area (Å²) in [5.41, 5.74) is 1.64. The number of carbonyl (C=O) groups is 3. The number of thiazole rings is 1. The number of rotatable bonds is 5. The maximum Gasteiger partial charge on any atom is 0.414 e. The van der Waals surface area contributed by atoms with E-state index in [-0.39, 0.29) is 18.2 Å². The van der Waals surface area contributed by atoms with Gasteiger partial charge < -0.3 is 10.1 Å². The van der Waals surface area contributed by atoms with E-state index in [2.05, 4.69) is 10.3 Å². The molecule has 0 radical (unpaired) electrons. The first-order valence-electron chi connectivity index (χ1n) is 8.31. The first-order valence-corrected chi connectivity index (χ1v) is 9.19. The highest BCUT2D eigenvalue weighted by molar-refractivity contribution is 7.15. The zero-order valence-corrected chi connectivity index (χ0v) is 15.2. The highest BCUT2D eigenvalue weighted by atomic mass is 32.1. The molecule has 1 atom stereocenters. The molecule has 3 heterocycles. The van der Waals surface area contributed by atoms with E-state index in [4.69, 9.17) is 4.74 Å². The van der Waals surface area contributed by atoms with E-state index >= 15 is 0 Å². The summed E-state index contributed by atoms with van der Waals surface area (Å²) in [6.07, 6.45) is 2.50. The van der Waals surface area contributed by atoms with Crippen LogP contribution in [-0.4, -0.2) is 46.4 Å². The van der Waals surface area contributed by atoms with Gasteiger partial charge >= 0.3 is 6.09 Å². The normalized spacial score (nSPS) is 16.6.